The van der Waals surface area contributed by atoms with Crippen molar-refractivity contribution in [3.8, 4) is 11.5 Å². The zero-order valence-electron chi connectivity index (χ0n) is 26.0. The van der Waals surface area contributed by atoms with E-state index in [1.54, 1.807) is 24.3 Å². The summed E-state index contributed by atoms with van der Waals surface area (Å²) in [5, 5.41) is 2.87. The van der Waals surface area contributed by atoms with E-state index in [0.29, 0.717) is 18.0 Å². The molecule has 45 heavy (non-hydrogen) atoms. The quantitative estimate of drug-likeness (QED) is 0.211. The first-order valence-electron chi connectivity index (χ1n) is 14.6. The largest absolute Gasteiger partial charge is 0.493 e. The number of anilines is 1. The summed E-state index contributed by atoms with van der Waals surface area (Å²) in [5.74, 6) is -0.164. The third-order valence-electron chi connectivity index (χ3n) is 7.36. The number of nitrogens with zero attached hydrogens (tertiary/aromatic N) is 2. The van der Waals surface area contributed by atoms with Crippen LogP contribution in [0.3, 0.4) is 0 Å². The van der Waals surface area contributed by atoms with Gasteiger partial charge in [0.1, 0.15) is 12.6 Å². The van der Waals surface area contributed by atoms with Gasteiger partial charge in [-0.15, -0.1) is 0 Å². The number of methoxy groups -OCH3 is 2. The zero-order chi connectivity index (χ0) is 32.4. The summed E-state index contributed by atoms with van der Waals surface area (Å²) >= 11 is 0. The molecule has 1 N–H and O–H groups in total. The molecule has 2 amide bonds. The normalized spacial score (nSPS) is 11.7. The van der Waals surface area contributed by atoms with Crippen LogP contribution in [0.2, 0.25) is 0 Å². The highest BCUT2D eigenvalue weighted by atomic mass is 32.2. The molecule has 236 valence electrons. The monoisotopic (exact) mass is 629 g/mol. The fourth-order valence-electron chi connectivity index (χ4n) is 4.97. The Morgan fingerprint density at radius 3 is 1.98 bits per heavy atom. The first-order valence-corrected chi connectivity index (χ1v) is 16.1. The molecule has 0 aliphatic carbocycles. The topological polar surface area (TPSA) is 105 Å². The van der Waals surface area contributed by atoms with Gasteiger partial charge in [-0.2, -0.15) is 0 Å². The van der Waals surface area contributed by atoms with Crippen LogP contribution in [0.15, 0.2) is 108 Å². The lowest BCUT2D eigenvalue weighted by Crippen LogP contribution is -2.53. The predicted octanol–water partition coefficient (Wildman–Crippen LogP) is 4.98. The molecule has 0 aliphatic rings. The van der Waals surface area contributed by atoms with Crippen molar-refractivity contribution in [3.05, 3.63) is 120 Å². The van der Waals surface area contributed by atoms with Crippen molar-refractivity contribution in [3.63, 3.8) is 0 Å². The SMILES string of the molecule is CCNC(=O)[C@@H](Cc1ccccc1)N(Cc1ccccc1)C(=O)CN(c1ccc(OC)c(OC)c1)S(=O)(=O)c1ccc(C)cc1. The molecule has 0 spiro atoms. The number of hydrogen-bond donors (Lipinski definition) is 1. The highest BCUT2D eigenvalue weighted by molar-refractivity contribution is 7.92. The van der Waals surface area contributed by atoms with Crippen LogP contribution in [0, 0.1) is 6.92 Å². The smallest absolute Gasteiger partial charge is 0.264 e. The highest BCUT2D eigenvalue weighted by Gasteiger charge is 2.34. The summed E-state index contributed by atoms with van der Waals surface area (Å²) in [7, 11) is -1.31. The molecule has 0 saturated heterocycles. The molecule has 1 atom stereocenters. The van der Waals surface area contributed by atoms with Crippen LogP contribution in [0.4, 0.5) is 5.69 Å². The van der Waals surface area contributed by atoms with Gasteiger partial charge in [-0.3, -0.25) is 13.9 Å². The van der Waals surface area contributed by atoms with Crippen molar-refractivity contribution in [2.45, 2.75) is 37.8 Å². The maximum atomic E-state index is 14.5. The van der Waals surface area contributed by atoms with E-state index in [-0.39, 0.29) is 29.5 Å². The number of amides is 2. The number of aryl methyl sites for hydroxylation is 1. The van der Waals surface area contributed by atoms with Gasteiger partial charge in [0.15, 0.2) is 11.5 Å². The Morgan fingerprint density at radius 2 is 1.40 bits per heavy atom. The van der Waals surface area contributed by atoms with E-state index < -0.39 is 28.5 Å². The number of carbonyl (C=O) groups excluding carboxylic acids is 2. The van der Waals surface area contributed by atoms with Crippen molar-refractivity contribution in [2.24, 2.45) is 0 Å². The van der Waals surface area contributed by atoms with Crippen molar-refractivity contribution in [1.29, 1.82) is 0 Å². The van der Waals surface area contributed by atoms with Crippen LogP contribution >= 0.6 is 0 Å². The predicted molar refractivity (Wildman–Crippen MR) is 175 cm³/mol. The maximum absolute atomic E-state index is 14.5. The van der Waals surface area contributed by atoms with Crippen LogP contribution in [0.5, 0.6) is 11.5 Å². The van der Waals surface area contributed by atoms with Gasteiger partial charge in [0.05, 0.1) is 24.8 Å². The lowest BCUT2D eigenvalue weighted by molar-refractivity contribution is -0.140. The van der Waals surface area contributed by atoms with Crippen molar-refractivity contribution >= 4 is 27.5 Å². The molecule has 10 heteroatoms. The second kappa shape index (κ2) is 15.3. The number of nitrogens with one attached hydrogen (secondary N) is 1. The summed E-state index contributed by atoms with van der Waals surface area (Å²) in [6.45, 7) is 3.58. The van der Waals surface area contributed by atoms with Gasteiger partial charge in [0, 0.05) is 25.6 Å². The first-order chi connectivity index (χ1) is 21.7. The van der Waals surface area contributed by atoms with Gasteiger partial charge in [0.25, 0.3) is 10.0 Å². The Balaban J connectivity index is 1.82. The molecular weight excluding hydrogens is 590 g/mol. The summed E-state index contributed by atoms with van der Waals surface area (Å²) in [6, 6.07) is 28.9. The van der Waals surface area contributed by atoms with Gasteiger partial charge in [-0.1, -0.05) is 78.4 Å². The lowest BCUT2D eigenvalue weighted by Gasteiger charge is -2.34. The summed E-state index contributed by atoms with van der Waals surface area (Å²) in [4.78, 5) is 29.5. The lowest BCUT2D eigenvalue weighted by atomic mass is 10.0. The molecule has 0 saturated carbocycles. The molecule has 0 aliphatic heterocycles. The number of carbonyl (C=O) groups is 2. The van der Waals surface area contributed by atoms with Gasteiger partial charge in [-0.05, 0) is 49.2 Å². The molecule has 4 aromatic carbocycles. The van der Waals surface area contributed by atoms with Crippen LogP contribution in [0.1, 0.15) is 23.6 Å². The number of benzene rings is 4. The zero-order valence-corrected chi connectivity index (χ0v) is 26.8. The van der Waals surface area contributed by atoms with Crippen LogP contribution in [-0.4, -0.2) is 58.5 Å². The molecule has 0 aromatic heterocycles. The standard InChI is InChI=1S/C35H39N3O6S/c1-5-36-35(40)31(22-27-12-8-6-9-13-27)37(24-28-14-10-7-11-15-28)34(39)25-38(29-18-21-32(43-3)33(23-29)44-4)45(41,42)30-19-16-26(2)17-20-30/h6-21,23,31H,5,22,24-25H2,1-4H3,(H,36,40)/t31-/m1/s1. The minimum Gasteiger partial charge on any atom is -0.493 e. The van der Waals surface area contributed by atoms with E-state index in [2.05, 4.69) is 5.32 Å². The average molecular weight is 630 g/mol. The van der Waals surface area contributed by atoms with Gasteiger partial charge in [0.2, 0.25) is 11.8 Å². The molecule has 0 heterocycles. The molecule has 0 unspecified atom stereocenters. The van der Waals surface area contributed by atoms with E-state index in [4.69, 9.17) is 9.47 Å². The maximum Gasteiger partial charge on any atom is 0.264 e. The van der Waals surface area contributed by atoms with Crippen LogP contribution in [-0.2, 0) is 32.6 Å². The molecule has 0 radical (unpaired) electrons. The summed E-state index contributed by atoms with van der Waals surface area (Å²) in [6.07, 6.45) is 0.242. The Hall–Kier alpha value is -4.83. The minimum atomic E-state index is -4.24. The molecule has 0 fully saturated rings. The minimum absolute atomic E-state index is 0.0230. The molecule has 0 bridgehead atoms. The molecular formula is C35H39N3O6S. The van der Waals surface area contributed by atoms with Crippen molar-refractivity contribution in [2.75, 3.05) is 31.6 Å². The van der Waals surface area contributed by atoms with Crippen LogP contribution < -0.4 is 19.1 Å². The second-order valence-corrected chi connectivity index (χ2v) is 12.3. The Bertz CT molecular complexity index is 1680. The number of rotatable bonds is 14. The van der Waals surface area contributed by atoms with Crippen LogP contribution in [0.25, 0.3) is 0 Å². The fraction of sp³-hybridized carbons (Fsp3) is 0.257. The average Bonchev–Trinajstić information content (AvgIpc) is 3.06. The van der Waals surface area contributed by atoms with E-state index in [1.807, 2.05) is 74.5 Å². The Labute approximate surface area is 265 Å². The summed E-state index contributed by atoms with van der Waals surface area (Å²) in [5.41, 5.74) is 2.76. The third kappa shape index (κ3) is 8.21. The van der Waals surface area contributed by atoms with Gasteiger partial charge < -0.3 is 19.7 Å². The number of hydrogen-bond acceptors (Lipinski definition) is 6. The Morgan fingerprint density at radius 1 is 0.800 bits per heavy atom. The second-order valence-electron chi connectivity index (χ2n) is 10.5. The van der Waals surface area contributed by atoms with Crippen molar-refractivity contribution < 1.29 is 27.5 Å². The molecule has 4 aromatic rings. The fourth-order valence-corrected chi connectivity index (χ4v) is 6.38. The Kier molecular flexibility index (Phi) is 11.2. The van der Waals surface area contributed by atoms with Gasteiger partial charge >= 0.3 is 0 Å². The van der Waals surface area contributed by atoms with E-state index in [1.165, 1.54) is 37.3 Å². The van der Waals surface area contributed by atoms with E-state index in [0.717, 1.165) is 21.0 Å². The first kappa shape index (κ1) is 33.1. The highest BCUT2D eigenvalue weighted by Crippen LogP contribution is 2.34. The number of sulfonamides is 1. The molecule has 9 nitrogen and oxygen atoms in total. The molecule has 4 rings (SSSR count). The summed E-state index contributed by atoms with van der Waals surface area (Å²) < 4.78 is 40.3. The van der Waals surface area contributed by atoms with Gasteiger partial charge in [-0.25, -0.2) is 8.42 Å². The number of ether oxygens (including phenoxy) is 2. The number of likely N-dealkylation sites (N-methyl/N-ethyl adjacent to an activating group) is 1. The van der Waals surface area contributed by atoms with E-state index in [9.17, 15) is 18.0 Å². The van der Waals surface area contributed by atoms with E-state index >= 15 is 0 Å². The van der Waals surface area contributed by atoms with Crippen molar-refractivity contribution in [1.82, 2.24) is 10.2 Å². The third-order valence-corrected chi connectivity index (χ3v) is 9.15.